The van der Waals surface area contributed by atoms with Crippen LogP contribution in [0.1, 0.15) is 17.8 Å². The van der Waals surface area contributed by atoms with E-state index in [9.17, 15) is 16.8 Å². The number of rotatable bonds is 6. The van der Waals surface area contributed by atoms with Crippen molar-refractivity contribution in [3.63, 3.8) is 0 Å². The Balaban J connectivity index is 1.88. The number of nitrogens with one attached hydrogen (secondary N) is 1. The molecule has 1 aliphatic heterocycles. The molecular formula is C18H26N4O6S2. The van der Waals surface area contributed by atoms with Crippen LogP contribution in [0.2, 0.25) is 0 Å². The van der Waals surface area contributed by atoms with Crippen LogP contribution in [0.15, 0.2) is 28.0 Å². The van der Waals surface area contributed by atoms with Gasteiger partial charge in [0, 0.05) is 32.2 Å². The van der Waals surface area contributed by atoms with Crippen molar-refractivity contribution in [2.24, 2.45) is 0 Å². The summed E-state index contributed by atoms with van der Waals surface area (Å²) >= 11 is 0. The molecule has 2 heterocycles. The molecule has 30 heavy (non-hydrogen) atoms. The van der Waals surface area contributed by atoms with Crippen LogP contribution in [0, 0.1) is 13.8 Å². The summed E-state index contributed by atoms with van der Waals surface area (Å²) in [6, 6.07) is 4.56. The molecule has 166 valence electrons. The average Bonchev–Trinajstić information content (AvgIpc) is 2.92. The van der Waals surface area contributed by atoms with Crippen molar-refractivity contribution in [1.82, 2.24) is 18.8 Å². The summed E-state index contributed by atoms with van der Waals surface area (Å²) in [5.74, 6) is 0.591. The first-order valence-electron chi connectivity index (χ1n) is 9.36. The normalized spacial score (nSPS) is 16.9. The summed E-state index contributed by atoms with van der Waals surface area (Å²) in [5, 5.41) is 6.65. The second-order valence-corrected chi connectivity index (χ2v) is 10.7. The van der Waals surface area contributed by atoms with Gasteiger partial charge >= 0.3 is 0 Å². The highest BCUT2D eigenvalue weighted by Gasteiger charge is 2.35. The van der Waals surface area contributed by atoms with Crippen LogP contribution in [0.25, 0.3) is 0 Å². The monoisotopic (exact) mass is 458 g/mol. The molecule has 0 bridgehead atoms. The van der Waals surface area contributed by atoms with E-state index in [4.69, 9.17) is 9.47 Å². The lowest BCUT2D eigenvalue weighted by Gasteiger charge is -2.22. The molecule has 1 aliphatic rings. The van der Waals surface area contributed by atoms with Gasteiger partial charge in [-0.1, -0.05) is 0 Å². The van der Waals surface area contributed by atoms with Crippen LogP contribution in [0.3, 0.4) is 0 Å². The number of methoxy groups -OCH3 is 2. The fraction of sp³-hybridized carbons (Fsp3) is 0.500. The summed E-state index contributed by atoms with van der Waals surface area (Å²) in [5.41, 5.74) is 0.852. The van der Waals surface area contributed by atoms with E-state index in [1.54, 1.807) is 19.9 Å². The minimum atomic E-state index is -3.91. The van der Waals surface area contributed by atoms with Crippen molar-refractivity contribution in [3.05, 3.63) is 29.6 Å². The summed E-state index contributed by atoms with van der Waals surface area (Å²) in [7, 11) is -4.85. The Morgan fingerprint density at radius 2 is 1.57 bits per heavy atom. The maximum atomic E-state index is 13.3. The van der Waals surface area contributed by atoms with Gasteiger partial charge in [0.2, 0.25) is 20.0 Å². The fourth-order valence-corrected chi connectivity index (χ4v) is 6.97. The molecule has 1 N–H and O–H groups in total. The predicted octanol–water partition coefficient (Wildman–Crippen LogP) is 1.13. The molecule has 0 atom stereocenters. The maximum Gasteiger partial charge on any atom is 0.246 e. The van der Waals surface area contributed by atoms with Gasteiger partial charge in [-0.15, -0.1) is 0 Å². The highest BCUT2D eigenvalue weighted by molar-refractivity contribution is 7.89. The van der Waals surface area contributed by atoms with Crippen molar-refractivity contribution >= 4 is 20.0 Å². The zero-order valence-electron chi connectivity index (χ0n) is 17.4. The van der Waals surface area contributed by atoms with Gasteiger partial charge in [-0.3, -0.25) is 5.10 Å². The molecule has 1 saturated heterocycles. The Labute approximate surface area is 176 Å². The van der Waals surface area contributed by atoms with E-state index in [-0.39, 0.29) is 41.7 Å². The number of sulfonamides is 2. The fourth-order valence-electron chi connectivity index (χ4n) is 3.53. The van der Waals surface area contributed by atoms with E-state index < -0.39 is 20.0 Å². The number of nitrogens with zero attached hydrogens (tertiary/aromatic N) is 3. The van der Waals surface area contributed by atoms with Gasteiger partial charge in [0.15, 0.2) is 0 Å². The van der Waals surface area contributed by atoms with E-state index in [2.05, 4.69) is 10.2 Å². The van der Waals surface area contributed by atoms with E-state index in [0.29, 0.717) is 23.6 Å². The standard InChI is InChI=1S/C18H26N4O6S2/c1-13-18(14(2)20-19-13)30(25,26)22-9-5-8-21(10-11-22)29(23,24)17-12-15(27-3)6-7-16(17)28-4/h6-7,12H,5,8-11H2,1-4H3,(H,19,20). The highest BCUT2D eigenvalue weighted by atomic mass is 32.2. The number of benzene rings is 1. The maximum absolute atomic E-state index is 13.3. The zero-order chi connectivity index (χ0) is 22.1. The smallest absolute Gasteiger partial charge is 0.246 e. The molecule has 1 aromatic carbocycles. The summed E-state index contributed by atoms with van der Waals surface area (Å²) in [6.07, 6.45) is 0.362. The largest absolute Gasteiger partial charge is 0.497 e. The molecule has 0 spiro atoms. The number of aryl methyl sites for hydroxylation is 2. The Morgan fingerprint density at radius 1 is 0.933 bits per heavy atom. The molecule has 10 nitrogen and oxygen atoms in total. The van der Waals surface area contributed by atoms with Crippen molar-refractivity contribution in [3.8, 4) is 11.5 Å². The molecule has 0 unspecified atom stereocenters. The molecule has 0 radical (unpaired) electrons. The SMILES string of the molecule is COc1ccc(OC)c(S(=O)(=O)N2CCCN(S(=O)(=O)c3c(C)n[nH]c3C)CC2)c1. The lowest BCUT2D eigenvalue weighted by atomic mass is 10.3. The molecule has 0 saturated carbocycles. The Bertz CT molecular complexity index is 1110. The first-order chi connectivity index (χ1) is 14.1. The third-order valence-corrected chi connectivity index (χ3v) is 9.14. The van der Waals surface area contributed by atoms with Gasteiger partial charge in [0.25, 0.3) is 0 Å². The topological polar surface area (TPSA) is 122 Å². The van der Waals surface area contributed by atoms with E-state index in [1.165, 1.54) is 35.0 Å². The van der Waals surface area contributed by atoms with Crippen molar-refractivity contribution < 1.29 is 26.3 Å². The van der Waals surface area contributed by atoms with Crippen molar-refractivity contribution in [2.75, 3.05) is 40.4 Å². The molecule has 1 aromatic heterocycles. The second kappa shape index (κ2) is 8.53. The lowest BCUT2D eigenvalue weighted by molar-refractivity contribution is 0.382. The summed E-state index contributed by atoms with van der Waals surface area (Å²) < 4.78 is 65.8. The van der Waals surface area contributed by atoms with Crippen LogP contribution >= 0.6 is 0 Å². The molecule has 12 heteroatoms. The number of hydrogen-bond acceptors (Lipinski definition) is 7. The first kappa shape index (κ1) is 22.5. The molecule has 3 rings (SSSR count). The second-order valence-electron chi connectivity index (χ2n) is 6.94. The molecule has 0 amide bonds. The minimum Gasteiger partial charge on any atom is -0.497 e. The number of hydrogen-bond donors (Lipinski definition) is 1. The zero-order valence-corrected chi connectivity index (χ0v) is 19.0. The van der Waals surface area contributed by atoms with Gasteiger partial charge in [0.1, 0.15) is 21.3 Å². The van der Waals surface area contributed by atoms with Crippen molar-refractivity contribution in [2.45, 2.75) is 30.1 Å². The van der Waals surface area contributed by atoms with Crippen LogP contribution in [0.5, 0.6) is 11.5 Å². The van der Waals surface area contributed by atoms with E-state index in [0.717, 1.165) is 0 Å². The number of ether oxygens (including phenoxy) is 2. The third-order valence-electron chi connectivity index (χ3n) is 5.06. The highest BCUT2D eigenvalue weighted by Crippen LogP contribution is 2.31. The molecule has 1 fully saturated rings. The van der Waals surface area contributed by atoms with Gasteiger partial charge in [-0.25, -0.2) is 16.8 Å². The Kier molecular flexibility index (Phi) is 6.41. The Hall–Kier alpha value is -2.15. The predicted molar refractivity (Wildman–Crippen MR) is 110 cm³/mol. The summed E-state index contributed by atoms with van der Waals surface area (Å²) in [6.45, 7) is 3.75. The molecular weight excluding hydrogens is 432 g/mol. The quantitative estimate of drug-likeness (QED) is 0.688. The van der Waals surface area contributed by atoms with Crippen LogP contribution in [-0.2, 0) is 20.0 Å². The number of aromatic amines is 1. The Morgan fingerprint density at radius 3 is 2.10 bits per heavy atom. The number of H-pyrrole nitrogens is 1. The van der Waals surface area contributed by atoms with Crippen LogP contribution < -0.4 is 9.47 Å². The van der Waals surface area contributed by atoms with Crippen LogP contribution in [0.4, 0.5) is 0 Å². The van der Waals surface area contributed by atoms with Gasteiger partial charge in [-0.05, 0) is 32.4 Å². The first-order valence-corrected chi connectivity index (χ1v) is 12.2. The van der Waals surface area contributed by atoms with Gasteiger partial charge in [0.05, 0.1) is 25.6 Å². The molecule has 2 aromatic rings. The minimum absolute atomic E-state index is 0.0119. The molecule has 0 aliphatic carbocycles. The van der Waals surface area contributed by atoms with E-state index in [1.807, 2.05) is 0 Å². The number of aromatic nitrogens is 2. The van der Waals surface area contributed by atoms with Gasteiger partial charge < -0.3 is 9.47 Å². The van der Waals surface area contributed by atoms with Gasteiger partial charge in [-0.2, -0.15) is 13.7 Å². The average molecular weight is 459 g/mol. The van der Waals surface area contributed by atoms with Crippen LogP contribution in [-0.4, -0.2) is 76.0 Å². The third kappa shape index (κ3) is 4.04. The lowest BCUT2D eigenvalue weighted by Crippen LogP contribution is -2.37. The summed E-state index contributed by atoms with van der Waals surface area (Å²) in [4.78, 5) is 0.135. The van der Waals surface area contributed by atoms with E-state index >= 15 is 0 Å². The van der Waals surface area contributed by atoms with Crippen molar-refractivity contribution in [1.29, 1.82) is 0 Å².